The Balaban J connectivity index is 1.28. The van der Waals surface area contributed by atoms with Crippen LogP contribution in [0, 0.1) is 29.6 Å². The Morgan fingerprint density at radius 2 is 1.59 bits per heavy atom. The zero-order valence-electron chi connectivity index (χ0n) is 19.0. The van der Waals surface area contributed by atoms with Crippen molar-refractivity contribution in [2.24, 2.45) is 29.6 Å². The van der Waals surface area contributed by atoms with E-state index in [1.54, 1.807) is 16.7 Å². The molecule has 160 valence electrons. The number of rotatable bonds is 8. The van der Waals surface area contributed by atoms with Gasteiger partial charge in [0.15, 0.2) is 0 Å². The van der Waals surface area contributed by atoms with E-state index < -0.39 is 0 Å². The predicted octanol–water partition coefficient (Wildman–Crippen LogP) is 8.32. The van der Waals surface area contributed by atoms with Gasteiger partial charge in [-0.15, -0.1) is 6.58 Å². The number of hydrogen-bond acceptors (Lipinski definition) is 0. The zero-order valence-corrected chi connectivity index (χ0v) is 19.0. The van der Waals surface area contributed by atoms with Gasteiger partial charge in [-0.1, -0.05) is 56.9 Å². The summed E-state index contributed by atoms with van der Waals surface area (Å²) in [4.78, 5) is 0. The molecule has 29 heavy (non-hydrogen) atoms. The number of allylic oxidation sites excluding steroid dienone is 1. The lowest BCUT2D eigenvalue weighted by Gasteiger charge is -2.44. The van der Waals surface area contributed by atoms with Crippen LogP contribution >= 0.6 is 0 Å². The molecular weight excluding hydrogens is 348 g/mol. The van der Waals surface area contributed by atoms with Gasteiger partial charge >= 0.3 is 0 Å². The lowest BCUT2D eigenvalue weighted by atomic mass is 9.61. The summed E-state index contributed by atoms with van der Waals surface area (Å²) in [6.45, 7) is 6.37. The molecule has 4 rings (SSSR count). The van der Waals surface area contributed by atoms with Crippen LogP contribution in [0.4, 0.5) is 0 Å². The molecule has 0 radical (unpaired) electrons. The first-order valence-electron chi connectivity index (χ1n) is 13.0. The van der Waals surface area contributed by atoms with Crippen molar-refractivity contribution in [3.05, 3.63) is 47.5 Å². The van der Waals surface area contributed by atoms with Crippen molar-refractivity contribution in [2.45, 2.75) is 103 Å². The molecule has 0 heterocycles. The van der Waals surface area contributed by atoms with E-state index in [2.05, 4.69) is 37.8 Å². The van der Waals surface area contributed by atoms with Gasteiger partial charge in [0.05, 0.1) is 0 Å². The fraction of sp³-hybridized carbons (Fsp3) is 0.724. The molecule has 2 saturated carbocycles. The van der Waals surface area contributed by atoms with Crippen molar-refractivity contribution < 1.29 is 0 Å². The summed E-state index contributed by atoms with van der Waals surface area (Å²) in [5.74, 6) is 4.82. The van der Waals surface area contributed by atoms with Crippen LogP contribution in [0.15, 0.2) is 30.9 Å². The van der Waals surface area contributed by atoms with Gasteiger partial charge in [0.25, 0.3) is 0 Å². The second-order valence-corrected chi connectivity index (χ2v) is 10.7. The average molecular weight is 393 g/mol. The SMILES string of the molecule is C=C[C@@H]1CC[C@@H]2CC(C3CCc4cc(CCCCCCC)ccc4C3)CCC2C1. The summed E-state index contributed by atoms with van der Waals surface area (Å²) in [6, 6.07) is 7.52. The molecule has 0 saturated heterocycles. The molecule has 5 atom stereocenters. The first-order chi connectivity index (χ1) is 14.3. The van der Waals surface area contributed by atoms with E-state index in [0.29, 0.717) is 0 Å². The number of hydrogen-bond donors (Lipinski definition) is 0. The van der Waals surface area contributed by atoms with Crippen LogP contribution in [-0.4, -0.2) is 0 Å². The first kappa shape index (κ1) is 21.2. The smallest absolute Gasteiger partial charge is 0.0233 e. The Labute approximate surface area is 180 Å². The second-order valence-electron chi connectivity index (χ2n) is 10.7. The van der Waals surface area contributed by atoms with Gasteiger partial charge < -0.3 is 0 Å². The van der Waals surface area contributed by atoms with Crippen LogP contribution in [0.2, 0.25) is 0 Å². The molecule has 0 nitrogen and oxygen atoms in total. The fourth-order valence-electron chi connectivity index (χ4n) is 6.93. The third kappa shape index (κ3) is 5.36. The molecule has 0 amide bonds. The molecule has 0 N–H and O–H groups in total. The normalized spacial score (nSPS) is 31.7. The Morgan fingerprint density at radius 3 is 2.41 bits per heavy atom. The molecule has 0 spiro atoms. The lowest BCUT2D eigenvalue weighted by Crippen LogP contribution is -2.34. The third-order valence-electron chi connectivity index (χ3n) is 8.80. The number of fused-ring (bicyclic) bond motifs is 2. The number of benzene rings is 1. The molecule has 2 fully saturated rings. The van der Waals surface area contributed by atoms with Crippen molar-refractivity contribution >= 4 is 0 Å². The molecule has 0 aliphatic heterocycles. The van der Waals surface area contributed by atoms with Crippen LogP contribution < -0.4 is 0 Å². The van der Waals surface area contributed by atoms with Crippen molar-refractivity contribution in [2.75, 3.05) is 0 Å². The standard InChI is InChI=1S/C29H44/c1-3-5-6-7-8-9-23-11-13-27-21-29(17-15-25(27)19-23)28-16-14-24-18-22(4-2)10-12-26(24)20-28/h4,11,13,19,22,24,26,28-29H,2-3,5-10,12,14-18,20-21H2,1H3/t22-,24?,26-,28?,29?/m1/s1. The van der Waals surface area contributed by atoms with Gasteiger partial charge in [0.2, 0.25) is 0 Å². The van der Waals surface area contributed by atoms with E-state index in [-0.39, 0.29) is 0 Å². The maximum Gasteiger partial charge on any atom is -0.0233 e. The molecule has 3 unspecified atom stereocenters. The van der Waals surface area contributed by atoms with E-state index >= 15 is 0 Å². The molecule has 3 aliphatic carbocycles. The van der Waals surface area contributed by atoms with Gasteiger partial charge in [-0.25, -0.2) is 0 Å². The van der Waals surface area contributed by atoms with Gasteiger partial charge in [-0.2, -0.15) is 0 Å². The highest BCUT2D eigenvalue weighted by Crippen LogP contribution is 2.48. The lowest BCUT2D eigenvalue weighted by molar-refractivity contribution is 0.0811. The maximum atomic E-state index is 4.07. The molecule has 1 aromatic carbocycles. The quantitative estimate of drug-likeness (QED) is 0.308. The van der Waals surface area contributed by atoms with Gasteiger partial charge in [0.1, 0.15) is 0 Å². The molecule has 1 aromatic rings. The van der Waals surface area contributed by atoms with Gasteiger partial charge in [0, 0.05) is 0 Å². The monoisotopic (exact) mass is 392 g/mol. The highest BCUT2D eigenvalue weighted by Gasteiger charge is 2.38. The summed E-state index contributed by atoms with van der Waals surface area (Å²) in [5.41, 5.74) is 4.97. The molecule has 0 aromatic heterocycles. The van der Waals surface area contributed by atoms with Crippen LogP contribution in [-0.2, 0) is 19.3 Å². The summed E-state index contributed by atoms with van der Waals surface area (Å²) >= 11 is 0. The van der Waals surface area contributed by atoms with Crippen molar-refractivity contribution in [1.29, 1.82) is 0 Å². The molecule has 3 aliphatic rings. The first-order valence-corrected chi connectivity index (χ1v) is 13.0. The number of unbranched alkanes of at least 4 members (excludes halogenated alkanes) is 4. The van der Waals surface area contributed by atoms with E-state index in [9.17, 15) is 0 Å². The Morgan fingerprint density at radius 1 is 0.828 bits per heavy atom. The van der Waals surface area contributed by atoms with Gasteiger partial charge in [-0.05, 0) is 117 Å². The van der Waals surface area contributed by atoms with Gasteiger partial charge in [-0.3, -0.25) is 0 Å². The average Bonchev–Trinajstić information content (AvgIpc) is 2.77. The summed E-state index contributed by atoms with van der Waals surface area (Å²) in [5, 5.41) is 0. The Hall–Kier alpha value is -1.04. The molecular formula is C29H44. The third-order valence-corrected chi connectivity index (χ3v) is 8.80. The van der Waals surface area contributed by atoms with E-state index in [4.69, 9.17) is 0 Å². The van der Waals surface area contributed by atoms with Crippen molar-refractivity contribution in [3.8, 4) is 0 Å². The molecule has 0 bridgehead atoms. The van der Waals surface area contributed by atoms with Crippen LogP contribution in [0.1, 0.15) is 101 Å². The van der Waals surface area contributed by atoms with E-state index in [1.807, 2.05) is 0 Å². The van der Waals surface area contributed by atoms with Crippen molar-refractivity contribution in [1.82, 2.24) is 0 Å². The second kappa shape index (κ2) is 10.3. The van der Waals surface area contributed by atoms with Crippen molar-refractivity contribution in [3.63, 3.8) is 0 Å². The summed E-state index contributed by atoms with van der Waals surface area (Å²) < 4.78 is 0. The maximum absolute atomic E-state index is 4.07. The highest BCUT2D eigenvalue weighted by atomic mass is 14.4. The minimum Gasteiger partial charge on any atom is -0.103 e. The van der Waals surface area contributed by atoms with Crippen LogP contribution in [0.5, 0.6) is 0 Å². The predicted molar refractivity (Wildman–Crippen MR) is 126 cm³/mol. The van der Waals surface area contributed by atoms with Crippen LogP contribution in [0.3, 0.4) is 0 Å². The number of aryl methyl sites for hydroxylation is 2. The minimum atomic E-state index is 0.815. The largest absolute Gasteiger partial charge is 0.103 e. The Kier molecular flexibility index (Phi) is 7.54. The summed E-state index contributed by atoms with van der Waals surface area (Å²) in [6.07, 6.45) is 23.5. The minimum absolute atomic E-state index is 0.815. The Bertz CT molecular complexity index is 656. The fourth-order valence-corrected chi connectivity index (χ4v) is 6.93. The summed E-state index contributed by atoms with van der Waals surface area (Å²) in [7, 11) is 0. The zero-order chi connectivity index (χ0) is 20.1. The van der Waals surface area contributed by atoms with Crippen LogP contribution in [0.25, 0.3) is 0 Å². The molecule has 0 heteroatoms. The topological polar surface area (TPSA) is 0 Å². The van der Waals surface area contributed by atoms with E-state index in [0.717, 1.165) is 29.6 Å². The highest BCUT2D eigenvalue weighted by molar-refractivity contribution is 5.34. The van der Waals surface area contributed by atoms with E-state index in [1.165, 1.54) is 96.3 Å².